The second kappa shape index (κ2) is 5.63. The van der Waals surface area contributed by atoms with Gasteiger partial charge in [-0.15, -0.1) is 11.6 Å². The Bertz CT molecular complexity index is 689. The molecule has 1 atom stereocenters. The quantitative estimate of drug-likeness (QED) is 0.679. The van der Waals surface area contributed by atoms with Crippen LogP contribution in [-0.4, -0.2) is 30.2 Å². The van der Waals surface area contributed by atoms with Crippen LogP contribution in [0.3, 0.4) is 0 Å². The molecule has 0 aliphatic rings. The molecule has 0 aromatic carbocycles. The molecule has 0 saturated carbocycles. The van der Waals surface area contributed by atoms with Crippen molar-refractivity contribution in [2.24, 2.45) is 0 Å². The SMILES string of the molecule is CC(Cn1cccn1)n1c(CCCl)nc2cnccc21. The van der Waals surface area contributed by atoms with Gasteiger partial charge >= 0.3 is 0 Å². The van der Waals surface area contributed by atoms with Gasteiger partial charge in [0.1, 0.15) is 11.3 Å². The van der Waals surface area contributed by atoms with Crippen LogP contribution in [0.2, 0.25) is 0 Å². The Morgan fingerprint density at radius 1 is 1.35 bits per heavy atom. The molecule has 0 aliphatic carbocycles. The van der Waals surface area contributed by atoms with Gasteiger partial charge < -0.3 is 4.57 Å². The Morgan fingerprint density at radius 2 is 2.25 bits per heavy atom. The zero-order valence-corrected chi connectivity index (χ0v) is 12.0. The van der Waals surface area contributed by atoms with Crippen LogP contribution in [-0.2, 0) is 13.0 Å². The number of alkyl halides is 1. The summed E-state index contributed by atoms with van der Waals surface area (Å²) in [4.78, 5) is 8.78. The fourth-order valence-corrected chi connectivity index (χ4v) is 2.68. The third kappa shape index (κ3) is 2.41. The number of pyridine rings is 1. The lowest BCUT2D eigenvalue weighted by molar-refractivity contribution is 0.435. The largest absolute Gasteiger partial charge is 0.323 e. The normalized spacial score (nSPS) is 12.9. The van der Waals surface area contributed by atoms with Gasteiger partial charge in [-0.3, -0.25) is 9.67 Å². The van der Waals surface area contributed by atoms with E-state index in [0.29, 0.717) is 5.88 Å². The Balaban J connectivity index is 2.01. The molecule has 3 aromatic heterocycles. The van der Waals surface area contributed by atoms with Crippen molar-refractivity contribution >= 4 is 22.6 Å². The van der Waals surface area contributed by atoms with E-state index in [1.54, 1.807) is 18.6 Å². The fourth-order valence-electron chi connectivity index (χ4n) is 2.51. The maximum atomic E-state index is 5.90. The molecular weight excluding hydrogens is 274 g/mol. The fraction of sp³-hybridized carbons (Fsp3) is 0.357. The van der Waals surface area contributed by atoms with Gasteiger partial charge in [0.15, 0.2) is 0 Å². The highest BCUT2D eigenvalue weighted by Gasteiger charge is 2.16. The number of aromatic nitrogens is 5. The molecule has 6 heteroatoms. The smallest absolute Gasteiger partial charge is 0.111 e. The number of nitrogens with zero attached hydrogens (tertiary/aromatic N) is 5. The van der Waals surface area contributed by atoms with Crippen molar-refractivity contribution in [3.8, 4) is 0 Å². The summed E-state index contributed by atoms with van der Waals surface area (Å²) in [6.45, 7) is 2.97. The van der Waals surface area contributed by atoms with E-state index in [4.69, 9.17) is 11.6 Å². The maximum absolute atomic E-state index is 5.90. The molecule has 0 amide bonds. The lowest BCUT2D eigenvalue weighted by Gasteiger charge is -2.17. The van der Waals surface area contributed by atoms with Crippen LogP contribution in [0.25, 0.3) is 11.0 Å². The molecule has 0 aliphatic heterocycles. The number of rotatable bonds is 5. The minimum atomic E-state index is 0.250. The Morgan fingerprint density at radius 3 is 3.00 bits per heavy atom. The first-order valence-electron chi connectivity index (χ1n) is 6.64. The van der Waals surface area contributed by atoms with Crippen LogP contribution in [0.1, 0.15) is 18.8 Å². The summed E-state index contributed by atoms with van der Waals surface area (Å²) in [5, 5.41) is 4.27. The number of aryl methyl sites for hydroxylation is 1. The number of halogens is 1. The van der Waals surface area contributed by atoms with Gasteiger partial charge in [-0.1, -0.05) is 0 Å². The van der Waals surface area contributed by atoms with E-state index < -0.39 is 0 Å². The molecule has 0 bridgehead atoms. The molecule has 0 fully saturated rings. The zero-order valence-electron chi connectivity index (χ0n) is 11.3. The van der Waals surface area contributed by atoms with Crippen molar-refractivity contribution in [2.45, 2.75) is 25.9 Å². The number of imidazole rings is 1. The van der Waals surface area contributed by atoms with Crippen molar-refractivity contribution in [2.75, 3.05) is 5.88 Å². The van der Waals surface area contributed by atoms with Gasteiger partial charge in [0.05, 0.1) is 24.3 Å². The lowest BCUT2D eigenvalue weighted by Crippen LogP contribution is -2.16. The van der Waals surface area contributed by atoms with E-state index >= 15 is 0 Å². The zero-order chi connectivity index (χ0) is 13.9. The molecule has 0 spiro atoms. The van der Waals surface area contributed by atoms with Crippen LogP contribution in [0, 0.1) is 0 Å². The van der Waals surface area contributed by atoms with Gasteiger partial charge in [0, 0.05) is 30.9 Å². The molecular formula is C14H16ClN5. The Labute approximate surface area is 122 Å². The molecule has 104 valence electrons. The van der Waals surface area contributed by atoms with E-state index in [-0.39, 0.29) is 6.04 Å². The predicted molar refractivity (Wildman–Crippen MR) is 78.9 cm³/mol. The van der Waals surface area contributed by atoms with Gasteiger partial charge in [0.2, 0.25) is 0 Å². The van der Waals surface area contributed by atoms with E-state index in [2.05, 4.69) is 26.6 Å². The average molecular weight is 290 g/mol. The van der Waals surface area contributed by atoms with Crippen molar-refractivity contribution in [3.63, 3.8) is 0 Å². The molecule has 3 aromatic rings. The minimum Gasteiger partial charge on any atom is -0.323 e. The van der Waals surface area contributed by atoms with Crippen molar-refractivity contribution in [3.05, 3.63) is 42.7 Å². The number of hydrogen-bond donors (Lipinski definition) is 0. The second-order valence-electron chi connectivity index (χ2n) is 4.78. The van der Waals surface area contributed by atoms with Crippen molar-refractivity contribution < 1.29 is 0 Å². The van der Waals surface area contributed by atoms with Crippen LogP contribution in [0.15, 0.2) is 36.9 Å². The van der Waals surface area contributed by atoms with Crippen LogP contribution in [0.4, 0.5) is 0 Å². The van der Waals surface area contributed by atoms with Gasteiger partial charge in [-0.2, -0.15) is 5.10 Å². The minimum absolute atomic E-state index is 0.250. The summed E-state index contributed by atoms with van der Waals surface area (Å²) in [6, 6.07) is 4.18. The summed E-state index contributed by atoms with van der Waals surface area (Å²) in [5.41, 5.74) is 2.01. The van der Waals surface area contributed by atoms with E-state index in [0.717, 1.165) is 29.8 Å². The number of hydrogen-bond acceptors (Lipinski definition) is 3. The summed E-state index contributed by atoms with van der Waals surface area (Å²) in [7, 11) is 0. The van der Waals surface area contributed by atoms with Gasteiger partial charge in [-0.25, -0.2) is 4.98 Å². The third-order valence-corrected chi connectivity index (χ3v) is 3.52. The Kier molecular flexibility index (Phi) is 3.69. The highest BCUT2D eigenvalue weighted by molar-refractivity contribution is 6.17. The maximum Gasteiger partial charge on any atom is 0.111 e. The molecule has 0 radical (unpaired) electrons. The average Bonchev–Trinajstić information content (AvgIpc) is 3.05. The Hall–Kier alpha value is -1.88. The van der Waals surface area contributed by atoms with E-state index in [9.17, 15) is 0 Å². The monoisotopic (exact) mass is 289 g/mol. The molecule has 0 saturated heterocycles. The highest BCUT2D eigenvalue weighted by Crippen LogP contribution is 2.22. The topological polar surface area (TPSA) is 48.5 Å². The molecule has 0 N–H and O–H groups in total. The van der Waals surface area contributed by atoms with Gasteiger partial charge in [0.25, 0.3) is 0 Å². The summed E-state index contributed by atoms with van der Waals surface area (Å²) in [6.07, 6.45) is 8.11. The first-order valence-corrected chi connectivity index (χ1v) is 7.17. The molecule has 3 heterocycles. The molecule has 20 heavy (non-hydrogen) atoms. The van der Waals surface area contributed by atoms with Crippen LogP contribution < -0.4 is 0 Å². The predicted octanol–water partition coefficient (Wildman–Crippen LogP) is 2.67. The van der Waals surface area contributed by atoms with Crippen LogP contribution >= 0.6 is 11.6 Å². The standard InChI is InChI=1S/C14H16ClN5/c1-11(10-19-8-2-6-17-19)20-13-4-7-16-9-12(13)18-14(20)3-5-15/h2,4,6-9,11H,3,5,10H2,1H3. The first-order chi connectivity index (χ1) is 9.79. The van der Waals surface area contributed by atoms with Crippen molar-refractivity contribution in [1.29, 1.82) is 0 Å². The third-order valence-electron chi connectivity index (χ3n) is 3.33. The number of fused-ring (bicyclic) bond motifs is 1. The second-order valence-corrected chi connectivity index (χ2v) is 5.16. The summed E-state index contributed by atoms with van der Waals surface area (Å²) >= 11 is 5.90. The summed E-state index contributed by atoms with van der Waals surface area (Å²) in [5.74, 6) is 1.56. The lowest BCUT2D eigenvalue weighted by atomic mass is 10.3. The van der Waals surface area contributed by atoms with Crippen LogP contribution in [0.5, 0.6) is 0 Å². The van der Waals surface area contributed by atoms with Gasteiger partial charge in [-0.05, 0) is 19.1 Å². The van der Waals surface area contributed by atoms with E-state index in [1.165, 1.54) is 0 Å². The highest BCUT2D eigenvalue weighted by atomic mass is 35.5. The van der Waals surface area contributed by atoms with Crippen molar-refractivity contribution in [1.82, 2.24) is 24.3 Å². The molecule has 1 unspecified atom stereocenters. The molecule has 3 rings (SSSR count). The molecule has 5 nitrogen and oxygen atoms in total. The summed E-state index contributed by atoms with van der Waals surface area (Å²) < 4.78 is 4.17. The van der Waals surface area contributed by atoms with E-state index in [1.807, 2.05) is 23.0 Å². The first kappa shape index (κ1) is 13.1.